The van der Waals surface area contributed by atoms with Crippen LogP contribution < -0.4 is 0 Å². The monoisotopic (exact) mass is 369 g/mol. The van der Waals surface area contributed by atoms with Gasteiger partial charge in [-0.15, -0.1) is 0 Å². The maximum absolute atomic E-state index is 14.0. The summed E-state index contributed by atoms with van der Waals surface area (Å²) in [5.41, 5.74) is 0. The Morgan fingerprint density at radius 1 is 1.41 bits per heavy atom. The molecule has 0 bridgehead atoms. The number of rotatable bonds is 5. The molecule has 1 aromatic rings. The van der Waals surface area contributed by atoms with Crippen molar-refractivity contribution in [3.63, 3.8) is 0 Å². The predicted molar refractivity (Wildman–Crippen MR) is 82.7 cm³/mol. The molecule has 0 unspecified atom stereocenters. The first-order valence-corrected chi connectivity index (χ1v) is 10.5. The molecule has 1 aliphatic heterocycles. The standard InChI is InChI=1S/C13H17ClFNO4S2/c1-2-6-16(11-5-7-21(17,18)9-11)22(19,20)13-4-3-10(14)8-12(13)15/h3-4,8,11H,2,5-7,9H2,1H3/t11-/m0/s1. The number of halogens is 2. The summed E-state index contributed by atoms with van der Waals surface area (Å²) >= 11 is 5.64. The summed E-state index contributed by atoms with van der Waals surface area (Å²) < 4.78 is 63.7. The topological polar surface area (TPSA) is 71.5 Å². The zero-order valence-corrected chi connectivity index (χ0v) is 14.4. The molecule has 2 rings (SSSR count). The van der Waals surface area contributed by atoms with E-state index in [0.29, 0.717) is 6.42 Å². The Hall–Kier alpha value is -0.700. The minimum atomic E-state index is -4.11. The number of nitrogens with zero attached hydrogens (tertiary/aromatic N) is 1. The van der Waals surface area contributed by atoms with Crippen LogP contribution in [0.3, 0.4) is 0 Å². The number of sulfonamides is 1. The van der Waals surface area contributed by atoms with Gasteiger partial charge in [-0.05, 0) is 31.0 Å². The number of hydrogen-bond donors (Lipinski definition) is 0. The molecule has 0 N–H and O–H groups in total. The Labute approximate surface area is 135 Å². The zero-order valence-electron chi connectivity index (χ0n) is 12.0. The van der Waals surface area contributed by atoms with Gasteiger partial charge in [-0.2, -0.15) is 4.31 Å². The van der Waals surface area contributed by atoms with E-state index in [4.69, 9.17) is 11.6 Å². The SMILES string of the molecule is CCCN([C@H]1CCS(=O)(=O)C1)S(=O)(=O)c1ccc(Cl)cc1F. The van der Waals surface area contributed by atoms with Crippen LogP contribution in [0.2, 0.25) is 5.02 Å². The van der Waals surface area contributed by atoms with Crippen molar-refractivity contribution in [2.45, 2.75) is 30.7 Å². The molecule has 5 nitrogen and oxygen atoms in total. The molecule has 22 heavy (non-hydrogen) atoms. The first-order chi connectivity index (χ1) is 10.2. The third-order valence-corrected chi connectivity index (χ3v) is 7.51. The molecule has 0 spiro atoms. The van der Waals surface area contributed by atoms with Crippen LogP contribution in [0.5, 0.6) is 0 Å². The number of sulfone groups is 1. The van der Waals surface area contributed by atoms with E-state index in [1.165, 1.54) is 6.07 Å². The fraction of sp³-hybridized carbons (Fsp3) is 0.538. The lowest BCUT2D eigenvalue weighted by Gasteiger charge is -2.27. The van der Waals surface area contributed by atoms with Crippen LogP contribution >= 0.6 is 11.6 Å². The minimum Gasteiger partial charge on any atom is -0.229 e. The van der Waals surface area contributed by atoms with Gasteiger partial charge in [-0.3, -0.25) is 0 Å². The first-order valence-electron chi connectivity index (χ1n) is 6.84. The summed E-state index contributed by atoms with van der Waals surface area (Å²) in [5.74, 6) is -1.20. The smallest absolute Gasteiger partial charge is 0.229 e. The summed E-state index contributed by atoms with van der Waals surface area (Å²) in [6, 6.07) is 2.70. The van der Waals surface area contributed by atoms with Gasteiger partial charge in [0.15, 0.2) is 9.84 Å². The van der Waals surface area contributed by atoms with Gasteiger partial charge in [0.2, 0.25) is 10.0 Å². The van der Waals surface area contributed by atoms with Crippen molar-refractivity contribution in [3.8, 4) is 0 Å². The highest BCUT2D eigenvalue weighted by Crippen LogP contribution is 2.27. The van der Waals surface area contributed by atoms with Crippen molar-refractivity contribution >= 4 is 31.5 Å². The maximum atomic E-state index is 14.0. The van der Waals surface area contributed by atoms with Gasteiger partial charge >= 0.3 is 0 Å². The van der Waals surface area contributed by atoms with E-state index in [-0.39, 0.29) is 29.5 Å². The molecule has 0 amide bonds. The first kappa shape index (κ1) is 17.7. The average Bonchev–Trinajstić information content (AvgIpc) is 2.75. The predicted octanol–water partition coefficient (Wildman–Crippen LogP) is 2.07. The van der Waals surface area contributed by atoms with Crippen LogP contribution in [0.1, 0.15) is 19.8 Å². The Kier molecular flexibility index (Phi) is 5.16. The van der Waals surface area contributed by atoms with E-state index in [0.717, 1.165) is 16.4 Å². The van der Waals surface area contributed by atoms with Crippen molar-refractivity contribution in [2.75, 3.05) is 18.1 Å². The van der Waals surface area contributed by atoms with E-state index in [1.807, 2.05) is 0 Å². The Morgan fingerprint density at radius 2 is 2.09 bits per heavy atom. The molecule has 1 aliphatic rings. The molecule has 124 valence electrons. The summed E-state index contributed by atoms with van der Waals surface area (Å²) in [6.45, 7) is 1.93. The van der Waals surface area contributed by atoms with Crippen molar-refractivity contribution < 1.29 is 21.2 Å². The van der Waals surface area contributed by atoms with Crippen LogP contribution in [-0.4, -0.2) is 45.2 Å². The van der Waals surface area contributed by atoms with Crippen LogP contribution in [0.4, 0.5) is 4.39 Å². The third kappa shape index (κ3) is 3.61. The van der Waals surface area contributed by atoms with E-state index < -0.39 is 36.6 Å². The van der Waals surface area contributed by atoms with Crippen molar-refractivity contribution in [3.05, 3.63) is 29.0 Å². The van der Waals surface area contributed by atoms with Gasteiger partial charge < -0.3 is 0 Å². The normalized spacial score (nSPS) is 21.4. The van der Waals surface area contributed by atoms with E-state index in [1.54, 1.807) is 6.92 Å². The summed E-state index contributed by atoms with van der Waals surface area (Å²) in [4.78, 5) is -0.477. The highest BCUT2D eigenvalue weighted by molar-refractivity contribution is 7.92. The number of benzene rings is 1. The Balaban J connectivity index is 2.42. The van der Waals surface area contributed by atoms with Crippen LogP contribution in [0, 0.1) is 5.82 Å². The minimum absolute atomic E-state index is 0.0451. The Morgan fingerprint density at radius 3 is 2.59 bits per heavy atom. The second kappa shape index (κ2) is 6.43. The van der Waals surface area contributed by atoms with Crippen LogP contribution in [0.25, 0.3) is 0 Å². The van der Waals surface area contributed by atoms with Crippen molar-refractivity contribution in [2.24, 2.45) is 0 Å². The third-order valence-electron chi connectivity index (χ3n) is 3.54. The molecular weight excluding hydrogens is 353 g/mol. The molecule has 1 fully saturated rings. The van der Waals surface area contributed by atoms with Crippen LogP contribution in [-0.2, 0) is 19.9 Å². The molecule has 1 saturated heterocycles. The maximum Gasteiger partial charge on any atom is 0.246 e. The summed E-state index contributed by atoms with van der Waals surface area (Å²) in [5, 5.41) is 0.0990. The highest BCUT2D eigenvalue weighted by atomic mass is 35.5. The van der Waals surface area contributed by atoms with Gasteiger partial charge in [-0.1, -0.05) is 18.5 Å². The molecule has 1 atom stereocenters. The molecule has 1 heterocycles. The van der Waals surface area contributed by atoms with Crippen molar-refractivity contribution in [1.29, 1.82) is 0 Å². The zero-order chi connectivity index (χ0) is 16.5. The molecule has 0 aliphatic carbocycles. The fourth-order valence-electron chi connectivity index (χ4n) is 2.53. The van der Waals surface area contributed by atoms with E-state index >= 15 is 0 Å². The summed E-state index contributed by atoms with van der Waals surface area (Å²) in [6.07, 6.45) is 0.738. The molecule has 1 aromatic carbocycles. The largest absolute Gasteiger partial charge is 0.246 e. The van der Waals surface area contributed by atoms with Gasteiger partial charge in [-0.25, -0.2) is 21.2 Å². The summed E-state index contributed by atoms with van der Waals surface area (Å²) in [7, 11) is -7.35. The Bertz CT molecular complexity index is 764. The lowest BCUT2D eigenvalue weighted by molar-refractivity contribution is 0.338. The molecule has 9 heteroatoms. The molecular formula is C13H17ClFNO4S2. The van der Waals surface area contributed by atoms with Gasteiger partial charge in [0.05, 0.1) is 11.5 Å². The molecule has 0 saturated carbocycles. The lowest BCUT2D eigenvalue weighted by Crippen LogP contribution is -2.41. The highest BCUT2D eigenvalue weighted by Gasteiger charge is 2.39. The van der Waals surface area contributed by atoms with Crippen LogP contribution in [0.15, 0.2) is 23.1 Å². The van der Waals surface area contributed by atoms with E-state index in [2.05, 4.69) is 0 Å². The average molecular weight is 370 g/mol. The number of hydrogen-bond acceptors (Lipinski definition) is 4. The van der Waals surface area contributed by atoms with E-state index in [9.17, 15) is 21.2 Å². The van der Waals surface area contributed by atoms with Gasteiger partial charge in [0, 0.05) is 17.6 Å². The van der Waals surface area contributed by atoms with Gasteiger partial charge in [0.25, 0.3) is 0 Å². The fourth-order valence-corrected chi connectivity index (χ4v) is 6.31. The quantitative estimate of drug-likeness (QED) is 0.796. The second-order valence-electron chi connectivity index (χ2n) is 5.25. The molecule has 0 radical (unpaired) electrons. The van der Waals surface area contributed by atoms with Gasteiger partial charge in [0.1, 0.15) is 10.7 Å². The lowest BCUT2D eigenvalue weighted by atomic mass is 10.2. The second-order valence-corrected chi connectivity index (χ2v) is 9.77. The van der Waals surface area contributed by atoms with Crippen molar-refractivity contribution in [1.82, 2.24) is 4.31 Å². The molecule has 0 aromatic heterocycles.